The third kappa shape index (κ3) is 5.52. The number of benzene rings is 2. The summed E-state index contributed by atoms with van der Waals surface area (Å²) in [5, 5.41) is 0.138. The first-order valence-corrected chi connectivity index (χ1v) is 12.6. The molecule has 0 N–H and O–H groups in total. The van der Waals surface area contributed by atoms with Crippen LogP contribution in [0.15, 0.2) is 62.7 Å². The molecular weight excluding hydrogens is 448 g/mol. The van der Waals surface area contributed by atoms with E-state index in [1.165, 1.54) is 17.0 Å². The van der Waals surface area contributed by atoms with E-state index in [-0.39, 0.29) is 16.0 Å². The summed E-state index contributed by atoms with van der Waals surface area (Å²) >= 11 is 1.04. The predicted octanol–water partition coefficient (Wildman–Crippen LogP) is 4.56. The average molecular weight is 475 g/mol. The van der Waals surface area contributed by atoms with Crippen molar-refractivity contribution in [3.63, 3.8) is 0 Å². The molecule has 0 saturated carbocycles. The number of likely N-dealkylation sites (N-methyl/N-ethyl adjacent to an activating group) is 1. The summed E-state index contributed by atoms with van der Waals surface area (Å²) in [5.41, 5.74) is 0.740. The molecule has 1 fully saturated rings. The quantitative estimate of drug-likeness (QED) is 0.391. The van der Waals surface area contributed by atoms with E-state index < -0.39 is 10.0 Å². The Labute approximate surface area is 193 Å². The second kappa shape index (κ2) is 10.7. The Morgan fingerprint density at radius 2 is 1.84 bits per heavy atom. The highest BCUT2D eigenvalue weighted by Crippen LogP contribution is 2.35. The lowest BCUT2D eigenvalue weighted by Gasteiger charge is -2.12. The van der Waals surface area contributed by atoms with E-state index >= 15 is 0 Å². The molecule has 1 heterocycles. The summed E-state index contributed by atoms with van der Waals surface area (Å²) in [6, 6.07) is 13.4. The van der Waals surface area contributed by atoms with E-state index in [1.54, 1.807) is 50.4 Å². The van der Waals surface area contributed by atoms with Crippen molar-refractivity contribution in [2.24, 2.45) is 4.40 Å². The van der Waals surface area contributed by atoms with Crippen LogP contribution in [0.3, 0.4) is 0 Å². The maximum Gasteiger partial charge on any atom is 0.284 e. The number of ether oxygens (including phenoxy) is 2. The summed E-state index contributed by atoms with van der Waals surface area (Å²) in [6.07, 6.45) is 3.68. The fourth-order valence-electron chi connectivity index (χ4n) is 2.97. The molecular formula is C23H26N2O5S2. The lowest BCUT2D eigenvalue weighted by molar-refractivity contribution is -0.122. The van der Waals surface area contributed by atoms with Gasteiger partial charge in [0.2, 0.25) is 0 Å². The number of amidine groups is 1. The first-order chi connectivity index (χ1) is 15.4. The van der Waals surface area contributed by atoms with Gasteiger partial charge in [-0.05, 0) is 61.0 Å². The molecule has 0 atom stereocenters. The van der Waals surface area contributed by atoms with Gasteiger partial charge in [-0.3, -0.25) is 9.69 Å². The van der Waals surface area contributed by atoms with Gasteiger partial charge < -0.3 is 9.47 Å². The number of methoxy groups -OCH3 is 1. The zero-order chi connectivity index (χ0) is 23.1. The van der Waals surface area contributed by atoms with Crippen LogP contribution >= 0.6 is 11.8 Å². The Kier molecular flexibility index (Phi) is 7.98. The minimum absolute atomic E-state index is 0.0810. The molecule has 0 unspecified atom stereocenters. The maximum absolute atomic E-state index is 12.9. The molecule has 0 radical (unpaired) electrons. The van der Waals surface area contributed by atoms with Gasteiger partial charge in [-0.2, -0.15) is 8.42 Å². The highest BCUT2D eigenvalue weighted by atomic mass is 32.2. The van der Waals surface area contributed by atoms with E-state index in [2.05, 4.69) is 11.3 Å². The molecule has 7 nitrogen and oxygen atoms in total. The number of thioether (sulfide) groups is 1. The third-order valence-electron chi connectivity index (χ3n) is 4.68. The molecule has 0 bridgehead atoms. The summed E-state index contributed by atoms with van der Waals surface area (Å²) in [5.74, 6) is 0.917. The van der Waals surface area contributed by atoms with Crippen molar-refractivity contribution in [1.29, 1.82) is 0 Å². The smallest absolute Gasteiger partial charge is 0.284 e. The van der Waals surface area contributed by atoms with E-state index in [9.17, 15) is 13.2 Å². The highest BCUT2D eigenvalue weighted by molar-refractivity contribution is 8.19. The molecule has 3 rings (SSSR count). The number of rotatable bonds is 9. The van der Waals surface area contributed by atoms with Crippen LogP contribution in [0, 0.1) is 0 Å². The number of sulfonamides is 1. The Bertz CT molecular complexity index is 1130. The molecule has 1 aliphatic rings. The summed E-state index contributed by atoms with van der Waals surface area (Å²) in [7, 11) is -2.36. The van der Waals surface area contributed by atoms with Gasteiger partial charge in [0.1, 0.15) is 0 Å². The molecule has 0 aromatic heterocycles. The Hall–Kier alpha value is -2.78. The largest absolute Gasteiger partial charge is 0.493 e. The molecule has 9 heteroatoms. The van der Waals surface area contributed by atoms with Crippen LogP contribution in [0.1, 0.15) is 32.3 Å². The standard InChI is InChI=1S/C23H26N2O5S2/c1-4-6-14-30-19-13-12-17(15-20(19)29-3)16-21-22(26)25(5-2)23(31-21)24-32(27,28)18-10-8-7-9-11-18/h7-13,15-16H,4-6,14H2,1-3H3/b21-16-,24-23-. The SMILES string of the molecule is CCCCOc1ccc(/C=C2\S/C(=N\S(=O)(=O)c3ccccc3)N(CC)C2=O)cc1OC. The first kappa shape index (κ1) is 23.9. The molecule has 0 spiro atoms. The lowest BCUT2D eigenvalue weighted by atomic mass is 10.2. The van der Waals surface area contributed by atoms with Crippen molar-refractivity contribution in [2.75, 3.05) is 20.3 Å². The van der Waals surface area contributed by atoms with Crippen molar-refractivity contribution in [1.82, 2.24) is 4.90 Å². The molecule has 0 aliphatic carbocycles. The molecule has 2 aromatic carbocycles. The van der Waals surface area contributed by atoms with Crippen molar-refractivity contribution in [3.05, 3.63) is 59.0 Å². The van der Waals surface area contributed by atoms with E-state index in [1.807, 2.05) is 6.07 Å². The van der Waals surface area contributed by atoms with Gasteiger partial charge in [-0.1, -0.05) is 37.6 Å². The fraction of sp³-hybridized carbons (Fsp3) is 0.304. The van der Waals surface area contributed by atoms with Gasteiger partial charge in [-0.25, -0.2) is 0 Å². The van der Waals surface area contributed by atoms with Crippen LogP contribution in [0.25, 0.3) is 6.08 Å². The Balaban J connectivity index is 1.88. The molecule has 32 heavy (non-hydrogen) atoms. The van der Waals surface area contributed by atoms with Gasteiger partial charge in [0.25, 0.3) is 15.9 Å². The number of hydrogen-bond donors (Lipinski definition) is 0. The zero-order valence-corrected chi connectivity index (χ0v) is 19.9. The van der Waals surface area contributed by atoms with Gasteiger partial charge in [0, 0.05) is 6.54 Å². The summed E-state index contributed by atoms with van der Waals surface area (Å²) in [6.45, 7) is 4.77. The van der Waals surface area contributed by atoms with Gasteiger partial charge >= 0.3 is 0 Å². The molecule has 170 valence electrons. The van der Waals surface area contributed by atoms with Crippen LogP contribution in [0.2, 0.25) is 0 Å². The van der Waals surface area contributed by atoms with E-state index in [4.69, 9.17) is 9.47 Å². The van der Waals surface area contributed by atoms with Crippen LogP contribution in [-0.4, -0.2) is 44.7 Å². The van der Waals surface area contributed by atoms with Gasteiger partial charge in [-0.15, -0.1) is 4.40 Å². The Morgan fingerprint density at radius 3 is 2.50 bits per heavy atom. The number of carbonyl (C=O) groups excluding carboxylic acids is 1. The van der Waals surface area contributed by atoms with Crippen LogP contribution < -0.4 is 9.47 Å². The minimum atomic E-state index is -3.92. The van der Waals surface area contributed by atoms with Crippen LogP contribution in [-0.2, 0) is 14.8 Å². The second-order valence-electron chi connectivity index (χ2n) is 6.93. The summed E-state index contributed by atoms with van der Waals surface area (Å²) in [4.78, 5) is 14.7. The molecule has 1 amide bonds. The van der Waals surface area contributed by atoms with Crippen molar-refractivity contribution in [3.8, 4) is 11.5 Å². The number of amides is 1. The molecule has 2 aromatic rings. The van der Waals surface area contributed by atoms with Crippen molar-refractivity contribution >= 4 is 38.9 Å². The first-order valence-electron chi connectivity index (χ1n) is 10.3. The zero-order valence-electron chi connectivity index (χ0n) is 18.3. The second-order valence-corrected chi connectivity index (χ2v) is 9.55. The Morgan fingerprint density at radius 1 is 1.09 bits per heavy atom. The lowest BCUT2D eigenvalue weighted by Crippen LogP contribution is -2.29. The number of hydrogen-bond acceptors (Lipinski definition) is 6. The average Bonchev–Trinajstić information content (AvgIpc) is 3.08. The number of carbonyl (C=O) groups is 1. The van der Waals surface area contributed by atoms with Crippen LogP contribution in [0.5, 0.6) is 11.5 Å². The molecule has 1 aliphatic heterocycles. The summed E-state index contributed by atoms with van der Waals surface area (Å²) < 4.78 is 40.4. The highest BCUT2D eigenvalue weighted by Gasteiger charge is 2.34. The van der Waals surface area contributed by atoms with Crippen LogP contribution in [0.4, 0.5) is 0 Å². The number of unbranched alkanes of at least 4 members (excludes halogenated alkanes) is 1. The van der Waals surface area contributed by atoms with E-state index in [0.717, 1.165) is 30.2 Å². The maximum atomic E-state index is 12.9. The monoisotopic (exact) mass is 474 g/mol. The van der Waals surface area contributed by atoms with Gasteiger partial charge in [0.15, 0.2) is 16.7 Å². The normalized spacial score (nSPS) is 16.7. The fourth-order valence-corrected chi connectivity index (χ4v) is 5.24. The third-order valence-corrected chi connectivity index (χ3v) is 7.09. The minimum Gasteiger partial charge on any atom is -0.493 e. The predicted molar refractivity (Wildman–Crippen MR) is 127 cm³/mol. The topological polar surface area (TPSA) is 85.3 Å². The van der Waals surface area contributed by atoms with Gasteiger partial charge in [0.05, 0.1) is 23.5 Å². The molecule has 1 saturated heterocycles. The van der Waals surface area contributed by atoms with Crippen molar-refractivity contribution in [2.45, 2.75) is 31.6 Å². The van der Waals surface area contributed by atoms with Crippen molar-refractivity contribution < 1.29 is 22.7 Å². The number of nitrogens with zero attached hydrogens (tertiary/aromatic N) is 2. The van der Waals surface area contributed by atoms with E-state index in [0.29, 0.717) is 29.6 Å².